The number of hydrogen-bond acceptors (Lipinski definition) is 2. The van der Waals surface area contributed by atoms with Crippen LogP contribution in [-0.2, 0) is 12.7 Å². The minimum Gasteiger partial charge on any atom is -0.465 e. The number of urea groups is 1. The molecule has 1 aromatic heterocycles. The summed E-state index contributed by atoms with van der Waals surface area (Å²) in [5, 5.41) is 4.36. The predicted molar refractivity (Wildman–Crippen MR) is 75.8 cm³/mol. The molecule has 0 radical (unpaired) electrons. The zero-order valence-corrected chi connectivity index (χ0v) is 12.2. The first-order valence-electron chi connectivity index (χ1n) is 6.22. The number of aryl methyl sites for hydroxylation is 1. The van der Waals surface area contributed by atoms with Gasteiger partial charge in [0.1, 0.15) is 11.5 Å². The van der Waals surface area contributed by atoms with Gasteiger partial charge in [0.2, 0.25) is 0 Å². The third-order valence-electron chi connectivity index (χ3n) is 2.75. The van der Waals surface area contributed by atoms with Gasteiger partial charge in [0.15, 0.2) is 0 Å². The predicted octanol–water partition coefficient (Wildman–Crippen LogP) is 4.58. The number of halogens is 4. The highest BCUT2D eigenvalue weighted by molar-refractivity contribution is 6.31. The Morgan fingerprint density at radius 2 is 2.00 bits per heavy atom. The van der Waals surface area contributed by atoms with Gasteiger partial charge in [-0.1, -0.05) is 11.6 Å². The van der Waals surface area contributed by atoms with E-state index in [9.17, 15) is 18.0 Å². The highest BCUT2D eigenvalue weighted by Crippen LogP contribution is 2.36. The van der Waals surface area contributed by atoms with Crippen LogP contribution in [0.15, 0.2) is 34.7 Å². The Balaban J connectivity index is 1.99. The van der Waals surface area contributed by atoms with E-state index in [4.69, 9.17) is 16.0 Å². The van der Waals surface area contributed by atoms with Crippen molar-refractivity contribution in [2.24, 2.45) is 0 Å². The van der Waals surface area contributed by atoms with Gasteiger partial charge in [0.05, 0.1) is 17.1 Å². The highest BCUT2D eigenvalue weighted by Gasteiger charge is 2.33. The van der Waals surface area contributed by atoms with Gasteiger partial charge in [-0.15, -0.1) is 0 Å². The number of carbonyl (C=O) groups is 1. The lowest BCUT2D eigenvalue weighted by Crippen LogP contribution is -2.28. The van der Waals surface area contributed by atoms with Gasteiger partial charge in [-0.2, -0.15) is 13.2 Å². The van der Waals surface area contributed by atoms with Crippen molar-refractivity contribution in [3.8, 4) is 0 Å². The van der Waals surface area contributed by atoms with Gasteiger partial charge >= 0.3 is 12.2 Å². The Hall–Kier alpha value is -2.15. The van der Waals surface area contributed by atoms with Crippen LogP contribution in [0.1, 0.15) is 17.1 Å². The van der Waals surface area contributed by atoms with E-state index in [1.807, 2.05) is 0 Å². The molecule has 0 aliphatic carbocycles. The van der Waals surface area contributed by atoms with Crippen molar-refractivity contribution in [2.75, 3.05) is 5.32 Å². The van der Waals surface area contributed by atoms with Crippen molar-refractivity contribution >= 4 is 23.3 Å². The fraction of sp³-hybridized carbons (Fsp3) is 0.214. The van der Waals surface area contributed by atoms with E-state index in [1.165, 1.54) is 6.07 Å². The maximum atomic E-state index is 12.7. The van der Waals surface area contributed by atoms with Crippen LogP contribution in [-0.4, -0.2) is 6.03 Å². The number of carbonyl (C=O) groups excluding carboxylic acids is 1. The normalized spacial score (nSPS) is 11.3. The quantitative estimate of drug-likeness (QED) is 0.864. The lowest BCUT2D eigenvalue weighted by Gasteiger charge is -2.12. The summed E-state index contributed by atoms with van der Waals surface area (Å²) in [6, 6.07) is 5.93. The van der Waals surface area contributed by atoms with Crippen molar-refractivity contribution < 1.29 is 22.4 Å². The Morgan fingerprint density at radius 1 is 1.27 bits per heavy atom. The van der Waals surface area contributed by atoms with E-state index in [0.29, 0.717) is 11.5 Å². The first kappa shape index (κ1) is 16.2. The first-order chi connectivity index (χ1) is 10.3. The fourth-order valence-corrected chi connectivity index (χ4v) is 1.97. The van der Waals surface area contributed by atoms with E-state index in [2.05, 4.69) is 10.6 Å². The van der Waals surface area contributed by atoms with Gasteiger partial charge in [-0.3, -0.25) is 0 Å². The van der Waals surface area contributed by atoms with Crippen molar-refractivity contribution in [1.29, 1.82) is 0 Å². The summed E-state index contributed by atoms with van der Waals surface area (Å²) >= 11 is 5.50. The van der Waals surface area contributed by atoms with Crippen molar-refractivity contribution in [3.05, 3.63) is 52.4 Å². The molecule has 1 aromatic carbocycles. The van der Waals surface area contributed by atoms with E-state index >= 15 is 0 Å². The Morgan fingerprint density at radius 3 is 2.59 bits per heavy atom. The molecule has 2 rings (SSSR count). The first-order valence-corrected chi connectivity index (χ1v) is 6.60. The van der Waals surface area contributed by atoms with Gasteiger partial charge in [0, 0.05) is 5.69 Å². The van der Waals surface area contributed by atoms with Crippen molar-refractivity contribution in [2.45, 2.75) is 19.6 Å². The molecule has 0 aliphatic heterocycles. The molecular formula is C14H12ClF3N2O2. The van der Waals surface area contributed by atoms with Crippen LogP contribution < -0.4 is 10.6 Å². The third kappa shape index (κ3) is 4.17. The number of hydrogen-bond donors (Lipinski definition) is 2. The molecule has 22 heavy (non-hydrogen) atoms. The molecule has 0 atom stereocenters. The van der Waals surface area contributed by atoms with Gasteiger partial charge < -0.3 is 15.1 Å². The number of benzene rings is 1. The van der Waals surface area contributed by atoms with E-state index in [-0.39, 0.29) is 12.2 Å². The third-order valence-corrected chi connectivity index (χ3v) is 3.08. The average molecular weight is 333 g/mol. The molecule has 2 amide bonds. The number of nitrogens with one attached hydrogen (secondary N) is 2. The topological polar surface area (TPSA) is 54.3 Å². The minimum atomic E-state index is -4.59. The Labute approximate surface area is 129 Å². The van der Waals surface area contributed by atoms with Crippen molar-refractivity contribution in [1.82, 2.24) is 5.32 Å². The molecule has 2 aromatic rings. The summed E-state index contributed by atoms with van der Waals surface area (Å²) in [7, 11) is 0. The number of alkyl halides is 3. The Bertz CT molecular complexity index is 683. The molecule has 1 heterocycles. The molecule has 0 bridgehead atoms. The molecule has 0 spiro atoms. The molecule has 0 fully saturated rings. The lowest BCUT2D eigenvalue weighted by molar-refractivity contribution is -0.137. The van der Waals surface area contributed by atoms with Gasteiger partial charge in [0.25, 0.3) is 0 Å². The maximum absolute atomic E-state index is 12.7. The van der Waals surface area contributed by atoms with Crippen LogP contribution in [0.5, 0.6) is 0 Å². The monoisotopic (exact) mass is 332 g/mol. The molecule has 2 N–H and O–H groups in total. The second-order valence-electron chi connectivity index (χ2n) is 4.51. The maximum Gasteiger partial charge on any atom is 0.417 e. The largest absolute Gasteiger partial charge is 0.465 e. The smallest absolute Gasteiger partial charge is 0.417 e. The number of furan rings is 1. The molecule has 118 valence electrons. The van der Waals surface area contributed by atoms with E-state index < -0.39 is 22.8 Å². The molecule has 0 saturated carbocycles. The molecular weight excluding hydrogens is 321 g/mol. The second kappa shape index (κ2) is 6.31. The summed E-state index contributed by atoms with van der Waals surface area (Å²) in [4.78, 5) is 11.7. The number of rotatable bonds is 3. The number of anilines is 1. The van der Waals surface area contributed by atoms with Crippen molar-refractivity contribution in [3.63, 3.8) is 0 Å². The van der Waals surface area contributed by atoms with Crippen LogP contribution in [0.4, 0.5) is 23.7 Å². The average Bonchev–Trinajstić information content (AvgIpc) is 2.83. The number of amides is 2. The minimum absolute atomic E-state index is 0.00940. The molecule has 0 unspecified atom stereocenters. The molecule has 8 heteroatoms. The molecule has 0 aliphatic rings. The van der Waals surface area contributed by atoms with Crippen LogP contribution in [0.2, 0.25) is 5.02 Å². The van der Waals surface area contributed by atoms with Gasteiger partial charge in [-0.05, 0) is 37.3 Å². The fourth-order valence-electron chi connectivity index (χ4n) is 1.74. The summed E-state index contributed by atoms with van der Waals surface area (Å²) in [5.41, 5.74) is -1.02. The van der Waals surface area contributed by atoms with Crippen LogP contribution in [0.25, 0.3) is 0 Å². The summed E-state index contributed by atoms with van der Waals surface area (Å²) < 4.78 is 43.4. The SMILES string of the molecule is Cc1ccc(CNC(=O)Nc2ccc(Cl)c(C(F)(F)F)c2)o1. The molecule has 4 nitrogen and oxygen atoms in total. The summed E-state index contributed by atoms with van der Waals surface area (Å²) in [5.74, 6) is 1.24. The van der Waals surface area contributed by atoms with E-state index in [0.717, 1.165) is 12.1 Å². The highest BCUT2D eigenvalue weighted by atomic mass is 35.5. The van der Waals surface area contributed by atoms with Crippen LogP contribution in [0, 0.1) is 6.92 Å². The van der Waals surface area contributed by atoms with Gasteiger partial charge in [-0.25, -0.2) is 4.79 Å². The Kier molecular flexibility index (Phi) is 4.65. The van der Waals surface area contributed by atoms with E-state index in [1.54, 1.807) is 19.1 Å². The standard InChI is InChI=1S/C14H12ClF3N2O2/c1-8-2-4-10(22-8)7-19-13(21)20-9-3-5-12(15)11(6-9)14(16,17)18/h2-6H,7H2,1H3,(H2,19,20,21). The van der Waals surface area contributed by atoms with Crippen LogP contribution in [0.3, 0.4) is 0 Å². The summed E-state index contributed by atoms with van der Waals surface area (Å²) in [6.07, 6.45) is -4.59. The summed E-state index contributed by atoms with van der Waals surface area (Å²) in [6.45, 7) is 1.88. The zero-order chi connectivity index (χ0) is 16.3. The second-order valence-corrected chi connectivity index (χ2v) is 4.92. The van der Waals surface area contributed by atoms with Crippen LogP contribution >= 0.6 is 11.6 Å². The lowest BCUT2D eigenvalue weighted by atomic mass is 10.2. The zero-order valence-electron chi connectivity index (χ0n) is 11.4. The molecule has 0 saturated heterocycles.